The lowest BCUT2D eigenvalue weighted by Gasteiger charge is -2.16. The van der Waals surface area contributed by atoms with Gasteiger partial charge in [0.05, 0.1) is 19.4 Å². The Kier molecular flexibility index (Phi) is 6.41. The molecule has 17 heavy (non-hydrogen) atoms. The Morgan fingerprint density at radius 2 is 1.76 bits per heavy atom. The van der Waals surface area contributed by atoms with Crippen LogP contribution in [0.2, 0.25) is 0 Å². The highest BCUT2D eigenvalue weighted by Crippen LogP contribution is 2.48. The summed E-state index contributed by atoms with van der Waals surface area (Å²) in [6, 6.07) is 3.93. The zero-order valence-electron chi connectivity index (χ0n) is 10.5. The third-order valence-corrected chi connectivity index (χ3v) is 4.47. The number of aromatic nitrogens is 1. The highest BCUT2D eigenvalue weighted by atomic mass is 31.2. The van der Waals surface area contributed by atoms with Crippen molar-refractivity contribution in [2.45, 2.75) is 26.7 Å². The molecule has 0 fully saturated rings. The van der Waals surface area contributed by atoms with E-state index in [-0.39, 0.29) is 0 Å². The maximum absolute atomic E-state index is 12.1. The van der Waals surface area contributed by atoms with Gasteiger partial charge in [0.1, 0.15) is 0 Å². The van der Waals surface area contributed by atoms with Gasteiger partial charge in [-0.05, 0) is 44.4 Å². The summed E-state index contributed by atoms with van der Waals surface area (Å²) in [6.07, 6.45) is 5.66. The van der Waals surface area contributed by atoms with E-state index < -0.39 is 7.60 Å². The fraction of sp³-hybridized carbons (Fsp3) is 0.583. The summed E-state index contributed by atoms with van der Waals surface area (Å²) < 4.78 is 22.6. The van der Waals surface area contributed by atoms with Crippen molar-refractivity contribution in [3.63, 3.8) is 0 Å². The topological polar surface area (TPSA) is 48.4 Å². The van der Waals surface area contributed by atoms with E-state index in [2.05, 4.69) is 4.98 Å². The van der Waals surface area contributed by atoms with Gasteiger partial charge in [-0.3, -0.25) is 9.55 Å². The lowest BCUT2D eigenvalue weighted by Crippen LogP contribution is -2.01. The Morgan fingerprint density at radius 1 is 1.18 bits per heavy atom. The van der Waals surface area contributed by atoms with Gasteiger partial charge in [-0.2, -0.15) is 0 Å². The van der Waals surface area contributed by atoms with Crippen molar-refractivity contribution < 1.29 is 13.6 Å². The van der Waals surface area contributed by atoms with E-state index in [0.29, 0.717) is 19.4 Å². The SMILES string of the molecule is CCOP(=O)(CCCc1ccncc1)OCC. The fourth-order valence-electron chi connectivity index (χ4n) is 1.59. The number of aryl methyl sites for hydroxylation is 1. The molecule has 0 aliphatic carbocycles. The Labute approximate surface area is 103 Å². The molecule has 0 saturated carbocycles. The van der Waals surface area contributed by atoms with Crippen LogP contribution in [0.25, 0.3) is 0 Å². The predicted molar refractivity (Wildman–Crippen MR) is 68.3 cm³/mol. The van der Waals surface area contributed by atoms with Crippen molar-refractivity contribution in [2.24, 2.45) is 0 Å². The molecule has 1 aromatic heterocycles. The maximum atomic E-state index is 12.1. The minimum atomic E-state index is -2.87. The first-order valence-corrected chi connectivity index (χ1v) is 7.70. The van der Waals surface area contributed by atoms with Crippen LogP contribution in [-0.2, 0) is 20.0 Å². The first kappa shape index (κ1) is 14.4. The molecular weight excluding hydrogens is 237 g/mol. The summed E-state index contributed by atoms with van der Waals surface area (Å²) in [4.78, 5) is 3.96. The molecule has 1 rings (SSSR count). The third kappa shape index (κ3) is 5.44. The second-order valence-corrected chi connectivity index (χ2v) is 5.81. The van der Waals surface area contributed by atoms with Gasteiger partial charge in [0.25, 0.3) is 0 Å². The minimum absolute atomic E-state index is 0.423. The second kappa shape index (κ2) is 7.59. The molecule has 96 valence electrons. The van der Waals surface area contributed by atoms with Gasteiger partial charge in [-0.1, -0.05) is 0 Å². The van der Waals surface area contributed by atoms with E-state index in [1.807, 2.05) is 26.0 Å². The van der Waals surface area contributed by atoms with Gasteiger partial charge in [-0.15, -0.1) is 0 Å². The van der Waals surface area contributed by atoms with Crippen molar-refractivity contribution in [1.82, 2.24) is 4.98 Å². The molecule has 5 heteroatoms. The summed E-state index contributed by atoms with van der Waals surface area (Å²) in [5.74, 6) is 0. The van der Waals surface area contributed by atoms with E-state index in [4.69, 9.17) is 9.05 Å². The third-order valence-electron chi connectivity index (χ3n) is 2.30. The Bertz CT molecular complexity index is 346. The van der Waals surface area contributed by atoms with Gasteiger partial charge in [0.15, 0.2) is 0 Å². The molecular formula is C12H20NO3P. The zero-order chi connectivity index (χ0) is 12.6. The number of nitrogens with zero attached hydrogens (tertiary/aromatic N) is 1. The standard InChI is InChI=1S/C12H20NO3P/c1-3-15-17(14,16-4-2)11-5-6-12-7-9-13-10-8-12/h7-10H,3-6,11H2,1-2H3. The minimum Gasteiger partial charge on any atom is -0.309 e. The highest BCUT2D eigenvalue weighted by Gasteiger charge is 2.22. The summed E-state index contributed by atoms with van der Waals surface area (Å²) in [5.41, 5.74) is 1.19. The lowest BCUT2D eigenvalue weighted by atomic mass is 10.2. The number of hydrogen-bond donors (Lipinski definition) is 0. The quantitative estimate of drug-likeness (QED) is 0.670. The molecule has 0 amide bonds. The number of hydrogen-bond acceptors (Lipinski definition) is 4. The van der Waals surface area contributed by atoms with Crippen LogP contribution in [0.3, 0.4) is 0 Å². The van der Waals surface area contributed by atoms with Gasteiger partial charge < -0.3 is 9.05 Å². The van der Waals surface area contributed by atoms with Crippen molar-refractivity contribution in [1.29, 1.82) is 0 Å². The van der Waals surface area contributed by atoms with Crippen LogP contribution in [0, 0.1) is 0 Å². The van der Waals surface area contributed by atoms with Crippen molar-refractivity contribution in [3.8, 4) is 0 Å². The predicted octanol–water partition coefficient (Wildman–Crippen LogP) is 3.28. The smallest absolute Gasteiger partial charge is 0.309 e. The highest BCUT2D eigenvalue weighted by molar-refractivity contribution is 7.53. The summed E-state index contributed by atoms with van der Waals surface area (Å²) >= 11 is 0. The molecule has 0 aromatic carbocycles. The van der Waals surface area contributed by atoms with Gasteiger partial charge in [0, 0.05) is 12.4 Å². The molecule has 0 radical (unpaired) electrons. The average molecular weight is 257 g/mol. The molecule has 4 nitrogen and oxygen atoms in total. The van der Waals surface area contributed by atoms with Gasteiger partial charge in [0.2, 0.25) is 0 Å². The number of rotatable bonds is 8. The molecule has 0 unspecified atom stereocenters. The zero-order valence-corrected chi connectivity index (χ0v) is 11.4. The molecule has 0 saturated heterocycles. The van der Waals surface area contributed by atoms with Crippen LogP contribution in [0.4, 0.5) is 0 Å². The first-order chi connectivity index (χ1) is 8.20. The molecule has 0 atom stereocenters. The Morgan fingerprint density at radius 3 is 2.29 bits per heavy atom. The van der Waals surface area contributed by atoms with E-state index >= 15 is 0 Å². The van der Waals surface area contributed by atoms with Crippen molar-refractivity contribution in [2.75, 3.05) is 19.4 Å². The lowest BCUT2D eigenvalue weighted by molar-refractivity contribution is 0.220. The second-order valence-electron chi connectivity index (χ2n) is 3.63. The molecule has 0 N–H and O–H groups in total. The van der Waals surface area contributed by atoms with Crippen LogP contribution in [-0.4, -0.2) is 24.4 Å². The molecule has 0 spiro atoms. The van der Waals surface area contributed by atoms with Crippen LogP contribution in [0.5, 0.6) is 0 Å². The van der Waals surface area contributed by atoms with Crippen LogP contribution >= 0.6 is 7.60 Å². The summed E-state index contributed by atoms with van der Waals surface area (Å²) in [6.45, 7) is 4.50. The maximum Gasteiger partial charge on any atom is 0.330 e. The molecule has 1 heterocycles. The molecule has 1 aromatic rings. The van der Waals surface area contributed by atoms with Crippen molar-refractivity contribution in [3.05, 3.63) is 30.1 Å². The van der Waals surface area contributed by atoms with Crippen LogP contribution in [0.15, 0.2) is 24.5 Å². The fourth-order valence-corrected chi connectivity index (χ4v) is 3.25. The van der Waals surface area contributed by atoms with Gasteiger partial charge in [-0.25, -0.2) is 0 Å². The van der Waals surface area contributed by atoms with E-state index in [0.717, 1.165) is 12.8 Å². The monoisotopic (exact) mass is 257 g/mol. The summed E-state index contributed by atoms with van der Waals surface area (Å²) in [5, 5.41) is 0. The molecule has 0 aliphatic heterocycles. The van der Waals surface area contributed by atoms with E-state index in [9.17, 15) is 4.57 Å². The summed E-state index contributed by atoms with van der Waals surface area (Å²) in [7, 11) is -2.87. The van der Waals surface area contributed by atoms with E-state index in [1.54, 1.807) is 12.4 Å². The van der Waals surface area contributed by atoms with Crippen LogP contribution < -0.4 is 0 Å². The molecule has 0 bridgehead atoms. The van der Waals surface area contributed by atoms with E-state index in [1.165, 1.54) is 5.56 Å². The van der Waals surface area contributed by atoms with Crippen molar-refractivity contribution >= 4 is 7.60 Å². The Hall–Kier alpha value is -0.700. The van der Waals surface area contributed by atoms with Gasteiger partial charge >= 0.3 is 7.60 Å². The van der Waals surface area contributed by atoms with Crippen LogP contribution in [0.1, 0.15) is 25.8 Å². The average Bonchev–Trinajstić information content (AvgIpc) is 2.31. The Balaban J connectivity index is 2.40. The first-order valence-electron chi connectivity index (χ1n) is 5.97. The largest absolute Gasteiger partial charge is 0.330 e. The number of pyridine rings is 1. The normalized spacial score (nSPS) is 11.6. The molecule has 0 aliphatic rings.